The van der Waals surface area contributed by atoms with E-state index < -0.39 is 0 Å². The van der Waals surface area contributed by atoms with Gasteiger partial charge in [-0.15, -0.1) is 0 Å². The number of aromatic amines is 2. The van der Waals surface area contributed by atoms with Gasteiger partial charge in [0.15, 0.2) is 0 Å². The minimum Gasteiger partial charge on any atom is -0.372 e. The molecular weight excluding hydrogens is 626 g/mol. The number of carbonyl (C=O) groups is 3. The first-order valence-corrected chi connectivity index (χ1v) is 18.5. The van der Waals surface area contributed by atoms with Gasteiger partial charge >= 0.3 is 0 Å². The topological polar surface area (TPSA) is 117 Å². The maximum atomic E-state index is 13.7. The molecule has 0 radical (unpaired) electrons. The molecule has 1 aliphatic carbocycles. The molecule has 0 bridgehead atoms. The Hall–Kier alpha value is -4.44. The van der Waals surface area contributed by atoms with Crippen LogP contribution in [0.4, 0.5) is 5.69 Å². The predicted octanol–water partition coefficient (Wildman–Crippen LogP) is 5.66. The van der Waals surface area contributed by atoms with E-state index in [-0.39, 0.29) is 23.6 Å². The van der Waals surface area contributed by atoms with Gasteiger partial charge < -0.3 is 14.8 Å². The normalized spacial score (nSPS) is 23.3. The van der Waals surface area contributed by atoms with Crippen molar-refractivity contribution in [3.8, 4) is 11.4 Å². The SMILES string of the molecule is C[C@@H]1CN(C(=O)c2ccc3cc(-c4n[nH]c5c4CCC(C)(C)C5)[nH]c3c2)CCN1CC1CCN(c2ccc(C3CCC(=O)NC3=O)cc2)CC1. The van der Waals surface area contributed by atoms with E-state index in [9.17, 15) is 14.4 Å². The van der Waals surface area contributed by atoms with Crippen molar-refractivity contribution in [2.45, 2.75) is 77.7 Å². The van der Waals surface area contributed by atoms with Crippen molar-refractivity contribution in [1.82, 2.24) is 30.3 Å². The fourth-order valence-electron chi connectivity index (χ4n) is 8.73. The molecule has 3 saturated heterocycles. The molecule has 4 aliphatic rings. The number of rotatable bonds is 6. The molecule has 0 saturated carbocycles. The fraction of sp³-hybridized carbons (Fsp3) is 0.500. The molecule has 10 nitrogen and oxygen atoms in total. The minimum atomic E-state index is -0.243. The lowest BCUT2D eigenvalue weighted by molar-refractivity contribution is -0.134. The maximum absolute atomic E-state index is 13.7. The highest BCUT2D eigenvalue weighted by molar-refractivity contribution is 6.01. The van der Waals surface area contributed by atoms with Crippen LogP contribution >= 0.6 is 0 Å². The average molecular weight is 676 g/mol. The van der Waals surface area contributed by atoms with Crippen LogP contribution in [0.25, 0.3) is 22.3 Å². The summed E-state index contributed by atoms with van der Waals surface area (Å²) in [4.78, 5) is 48.1. The minimum absolute atomic E-state index is 0.103. The summed E-state index contributed by atoms with van der Waals surface area (Å²) in [6.07, 6.45) is 6.45. The summed E-state index contributed by atoms with van der Waals surface area (Å²) < 4.78 is 0. The largest absolute Gasteiger partial charge is 0.372 e. The van der Waals surface area contributed by atoms with E-state index in [0.29, 0.717) is 30.2 Å². The van der Waals surface area contributed by atoms with Gasteiger partial charge in [-0.25, -0.2) is 0 Å². The Morgan fingerprint density at radius 1 is 0.960 bits per heavy atom. The zero-order valence-corrected chi connectivity index (χ0v) is 29.6. The zero-order chi connectivity index (χ0) is 34.6. The predicted molar refractivity (Wildman–Crippen MR) is 195 cm³/mol. The Kier molecular flexibility index (Phi) is 8.53. The van der Waals surface area contributed by atoms with Crippen LogP contribution < -0.4 is 10.2 Å². The number of H-pyrrole nitrogens is 2. The van der Waals surface area contributed by atoms with E-state index >= 15 is 0 Å². The summed E-state index contributed by atoms with van der Waals surface area (Å²) in [6, 6.07) is 16.8. The third-order valence-corrected chi connectivity index (χ3v) is 11.8. The third kappa shape index (κ3) is 6.45. The Morgan fingerprint density at radius 2 is 1.76 bits per heavy atom. The van der Waals surface area contributed by atoms with E-state index in [4.69, 9.17) is 5.10 Å². The van der Waals surface area contributed by atoms with Gasteiger partial charge in [0.05, 0.1) is 11.6 Å². The number of benzene rings is 2. The van der Waals surface area contributed by atoms with Gasteiger partial charge in [0, 0.05) is 85.1 Å². The summed E-state index contributed by atoms with van der Waals surface area (Å²) in [7, 11) is 0. The molecule has 3 aliphatic heterocycles. The number of anilines is 1. The standard InChI is InChI=1S/C40H49N7O3/c1-25-23-47(39(50)29-5-4-28-20-34(41-33(28)21-29)37-32-12-15-40(2,3)22-35(32)43-44-37)19-18-46(25)24-26-13-16-45(17-14-26)30-8-6-27(7-9-30)31-10-11-36(48)42-38(31)49/h4-9,20-21,25-26,31,41H,10-19,22-24H2,1-3H3,(H,43,44)(H,42,48,49)/t25-,31?/m1/s1. The van der Waals surface area contributed by atoms with Crippen LogP contribution in [-0.4, -0.2) is 88.0 Å². The smallest absolute Gasteiger partial charge is 0.254 e. The molecule has 8 rings (SSSR count). The molecule has 2 aromatic heterocycles. The van der Waals surface area contributed by atoms with E-state index in [0.717, 1.165) is 105 Å². The number of piperazine rings is 1. The maximum Gasteiger partial charge on any atom is 0.254 e. The highest BCUT2D eigenvalue weighted by Crippen LogP contribution is 2.38. The molecule has 10 heteroatoms. The second kappa shape index (κ2) is 13.0. The van der Waals surface area contributed by atoms with Gasteiger partial charge in [-0.2, -0.15) is 5.10 Å². The lowest BCUT2D eigenvalue weighted by atomic mass is 9.76. The molecule has 0 spiro atoms. The van der Waals surface area contributed by atoms with Crippen LogP contribution in [0, 0.1) is 11.3 Å². The van der Waals surface area contributed by atoms with Crippen LogP contribution in [0.1, 0.15) is 86.0 Å². The number of carbonyl (C=O) groups excluding carboxylic acids is 3. The molecular formula is C40H49N7O3. The second-order valence-corrected chi connectivity index (χ2v) is 16.0. The monoisotopic (exact) mass is 675 g/mol. The van der Waals surface area contributed by atoms with Crippen LogP contribution in [0.15, 0.2) is 48.5 Å². The van der Waals surface area contributed by atoms with Crippen LogP contribution in [0.3, 0.4) is 0 Å². The molecule has 4 aromatic rings. The number of fused-ring (bicyclic) bond motifs is 2. The van der Waals surface area contributed by atoms with E-state index in [2.05, 4.69) is 70.2 Å². The Labute approximate surface area is 294 Å². The van der Waals surface area contributed by atoms with Crippen LogP contribution in [0.5, 0.6) is 0 Å². The molecule has 5 heterocycles. The number of piperidine rings is 2. The first kappa shape index (κ1) is 32.7. The molecule has 2 atom stereocenters. The van der Waals surface area contributed by atoms with Crippen molar-refractivity contribution in [2.75, 3.05) is 44.2 Å². The van der Waals surface area contributed by atoms with Crippen LogP contribution in [-0.2, 0) is 22.4 Å². The van der Waals surface area contributed by atoms with Gasteiger partial charge in [-0.1, -0.05) is 32.0 Å². The van der Waals surface area contributed by atoms with E-state index in [1.165, 1.54) is 16.9 Å². The molecule has 3 N–H and O–H groups in total. The molecule has 50 heavy (non-hydrogen) atoms. The first-order valence-electron chi connectivity index (χ1n) is 18.5. The highest BCUT2D eigenvalue weighted by atomic mass is 16.2. The highest BCUT2D eigenvalue weighted by Gasteiger charge is 2.32. The molecule has 3 fully saturated rings. The summed E-state index contributed by atoms with van der Waals surface area (Å²) in [5.74, 6) is 0.131. The summed E-state index contributed by atoms with van der Waals surface area (Å²) in [5, 5.41) is 11.6. The number of nitrogens with zero attached hydrogens (tertiary/aromatic N) is 4. The number of amides is 3. The number of hydrogen-bond acceptors (Lipinski definition) is 6. The summed E-state index contributed by atoms with van der Waals surface area (Å²) >= 11 is 0. The van der Waals surface area contributed by atoms with E-state index in [1.54, 1.807) is 0 Å². The average Bonchev–Trinajstić information content (AvgIpc) is 3.72. The van der Waals surface area contributed by atoms with Crippen LogP contribution in [0.2, 0.25) is 0 Å². The van der Waals surface area contributed by atoms with Crippen molar-refractivity contribution in [2.24, 2.45) is 11.3 Å². The van der Waals surface area contributed by atoms with Gasteiger partial charge in [-0.05, 0) is 92.7 Å². The van der Waals surface area contributed by atoms with Gasteiger partial charge in [0.2, 0.25) is 11.8 Å². The van der Waals surface area contributed by atoms with Crippen molar-refractivity contribution < 1.29 is 14.4 Å². The Morgan fingerprint density at radius 3 is 2.52 bits per heavy atom. The summed E-state index contributed by atoms with van der Waals surface area (Å²) in [6.45, 7) is 12.4. The third-order valence-electron chi connectivity index (χ3n) is 11.8. The second-order valence-electron chi connectivity index (χ2n) is 16.0. The quantitative estimate of drug-likeness (QED) is 0.227. The van der Waals surface area contributed by atoms with Gasteiger partial charge in [0.1, 0.15) is 5.69 Å². The van der Waals surface area contributed by atoms with Crippen molar-refractivity contribution in [3.05, 3.63) is 70.9 Å². The molecule has 2 aromatic carbocycles. The van der Waals surface area contributed by atoms with Gasteiger partial charge in [-0.3, -0.25) is 29.7 Å². The lowest BCUT2D eigenvalue weighted by Gasteiger charge is -2.43. The van der Waals surface area contributed by atoms with Crippen molar-refractivity contribution in [3.63, 3.8) is 0 Å². The number of aromatic nitrogens is 3. The first-order chi connectivity index (χ1) is 24.1. The molecule has 1 unspecified atom stereocenters. The fourth-order valence-corrected chi connectivity index (χ4v) is 8.73. The molecule has 262 valence electrons. The number of imide groups is 1. The van der Waals surface area contributed by atoms with Crippen molar-refractivity contribution in [1.29, 1.82) is 0 Å². The lowest BCUT2D eigenvalue weighted by Crippen LogP contribution is -2.55. The Balaban J connectivity index is 0.838. The Bertz CT molecular complexity index is 1920. The van der Waals surface area contributed by atoms with Gasteiger partial charge in [0.25, 0.3) is 5.91 Å². The number of hydrogen-bond donors (Lipinski definition) is 3. The van der Waals surface area contributed by atoms with E-state index in [1.807, 2.05) is 29.2 Å². The number of nitrogens with one attached hydrogen (secondary N) is 3. The molecule has 3 amide bonds. The van der Waals surface area contributed by atoms with Crippen molar-refractivity contribution >= 4 is 34.3 Å². The summed E-state index contributed by atoms with van der Waals surface area (Å²) in [5.41, 5.74) is 8.77. The zero-order valence-electron chi connectivity index (χ0n) is 29.6.